The normalized spacial score (nSPS) is 12.8. The molecule has 0 aliphatic heterocycles. The van der Waals surface area contributed by atoms with Crippen molar-refractivity contribution in [1.82, 2.24) is 0 Å². The Morgan fingerprint density at radius 2 is 0.671 bits per heavy atom. The smallest absolute Gasteiger partial charge is 0.0540 e. The summed E-state index contributed by atoms with van der Waals surface area (Å²) in [5.41, 5.74) is 20.6. The van der Waals surface area contributed by atoms with Crippen molar-refractivity contribution >= 4 is 91.2 Å². The van der Waals surface area contributed by atoms with Crippen LogP contribution in [0.3, 0.4) is 0 Å². The molecule has 76 heavy (non-hydrogen) atoms. The van der Waals surface area contributed by atoms with E-state index in [1.54, 1.807) is 0 Å². The number of anilines is 12. The molecule has 0 heterocycles. The van der Waals surface area contributed by atoms with Crippen molar-refractivity contribution in [3.05, 3.63) is 301 Å². The zero-order chi connectivity index (χ0) is 51.0. The second-order valence-electron chi connectivity index (χ2n) is 20.1. The molecule has 0 N–H and O–H groups in total. The highest BCUT2D eigenvalue weighted by Crippen LogP contribution is 2.53. The number of benzene rings is 11. The lowest BCUT2D eigenvalue weighted by Crippen LogP contribution is -2.18. The largest absolute Gasteiger partial charge is 0.310 e. The van der Waals surface area contributed by atoms with E-state index in [1.807, 2.05) is 0 Å². The van der Waals surface area contributed by atoms with E-state index in [9.17, 15) is 0 Å². The van der Waals surface area contributed by atoms with Gasteiger partial charge in [0.1, 0.15) is 0 Å². The van der Waals surface area contributed by atoms with E-state index in [0.717, 1.165) is 74.7 Å². The predicted molar refractivity (Wildman–Crippen MR) is 323 cm³/mol. The fraction of sp³-hybridized carbons (Fsp3) is 0.0556. The van der Waals surface area contributed by atoms with Crippen LogP contribution in [0.15, 0.2) is 279 Å². The van der Waals surface area contributed by atoms with Crippen LogP contribution in [0.25, 0.3) is 34.1 Å². The number of para-hydroxylation sites is 4. The third kappa shape index (κ3) is 8.40. The minimum Gasteiger partial charge on any atom is -0.310 e. The van der Waals surface area contributed by atoms with Gasteiger partial charge in [0.15, 0.2) is 0 Å². The monoisotopic (exact) mass is 976 g/mol. The maximum atomic E-state index is 2.42. The van der Waals surface area contributed by atoms with Crippen LogP contribution >= 0.6 is 0 Å². The van der Waals surface area contributed by atoms with E-state index in [-0.39, 0.29) is 5.41 Å². The third-order valence-electron chi connectivity index (χ3n) is 15.2. The summed E-state index contributed by atoms with van der Waals surface area (Å²) in [5, 5.41) is 2.42. The molecule has 0 unspecified atom stereocenters. The summed E-state index contributed by atoms with van der Waals surface area (Å²) in [4.78, 5) is 9.53. The summed E-state index contributed by atoms with van der Waals surface area (Å²) in [5.74, 6) is 0. The van der Waals surface area contributed by atoms with Gasteiger partial charge < -0.3 is 19.6 Å². The highest BCUT2D eigenvalue weighted by atomic mass is 15.2. The van der Waals surface area contributed by atoms with E-state index >= 15 is 0 Å². The van der Waals surface area contributed by atoms with Crippen molar-refractivity contribution in [2.45, 2.75) is 25.7 Å². The molecule has 0 aromatic heterocycles. The van der Waals surface area contributed by atoms with E-state index < -0.39 is 0 Å². The first kappa shape index (κ1) is 46.2. The van der Waals surface area contributed by atoms with Crippen LogP contribution in [0, 0.1) is 0 Å². The minimum atomic E-state index is -0.294. The fourth-order valence-corrected chi connectivity index (χ4v) is 11.5. The molecule has 364 valence electrons. The first-order valence-corrected chi connectivity index (χ1v) is 26.3. The van der Waals surface area contributed by atoms with E-state index in [1.165, 1.54) is 44.2 Å². The van der Waals surface area contributed by atoms with Crippen LogP contribution in [0.1, 0.15) is 42.5 Å². The summed E-state index contributed by atoms with van der Waals surface area (Å²) < 4.78 is 0. The first-order chi connectivity index (χ1) is 37.5. The molecule has 0 saturated heterocycles. The Morgan fingerprint density at radius 1 is 0.303 bits per heavy atom. The summed E-state index contributed by atoms with van der Waals surface area (Å²) in [6.07, 6.45) is 9.91. The second-order valence-corrected chi connectivity index (χ2v) is 20.1. The van der Waals surface area contributed by atoms with Gasteiger partial charge in [-0.2, -0.15) is 0 Å². The topological polar surface area (TPSA) is 13.0 Å². The van der Waals surface area contributed by atoms with Crippen LogP contribution in [0.2, 0.25) is 0 Å². The lowest BCUT2D eigenvalue weighted by atomic mass is 9.82. The molecule has 2 aliphatic carbocycles. The average molecular weight is 977 g/mol. The number of allylic oxidation sites excluding steroid dienone is 2. The Hall–Kier alpha value is -9.64. The molecule has 11 aromatic rings. The first-order valence-electron chi connectivity index (χ1n) is 26.3. The zero-order valence-electron chi connectivity index (χ0n) is 42.7. The van der Waals surface area contributed by atoms with Crippen LogP contribution < -0.4 is 19.6 Å². The maximum absolute atomic E-state index is 2.42. The molecule has 0 atom stereocenters. The van der Waals surface area contributed by atoms with Gasteiger partial charge in [-0.15, -0.1) is 0 Å². The lowest BCUT2D eigenvalue weighted by molar-refractivity contribution is 0.660. The average Bonchev–Trinajstić information content (AvgIpc) is 3.65. The number of rotatable bonds is 12. The molecule has 2 aliphatic rings. The number of hydrogen-bond donors (Lipinski definition) is 0. The Kier molecular flexibility index (Phi) is 11.9. The SMILES string of the molecule is CC1(C)c2cc(N(c3ccccc3)c3ccc(N(c4ccccc4)c4cccc5c4C=CCC=C5)cc3)ccc2-c2ccc(N(c3ccccc3)c3ccc(N(c4ccccc4)c4cccc5ccccc45)cc3)cc21. The van der Waals surface area contributed by atoms with Gasteiger partial charge in [-0.3, -0.25) is 0 Å². The summed E-state index contributed by atoms with van der Waals surface area (Å²) >= 11 is 0. The molecule has 4 heteroatoms. The van der Waals surface area contributed by atoms with Gasteiger partial charge in [0.25, 0.3) is 0 Å². The summed E-state index contributed by atoms with van der Waals surface area (Å²) in [6.45, 7) is 4.76. The van der Waals surface area contributed by atoms with E-state index in [0.29, 0.717) is 0 Å². The molecular formula is C72H56N4. The standard InChI is InChI=1S/C72H56N4/c1-72(2)68-50-62(73(54-26-9-4-10-27-54)58-38-42-60(43-39-58)75(56-30-13-6-14-31-56)70-36-20-24-52-22-8-3-17-34-64(52)70)46-48-66(68)67-49-47-63(51-69(67)72)74(55-28-11-5-12-29-55)59-40-44-61(45-41-59)76(57-32-15-7-16-33-57)71-37-21-25-53-23-18-19-35-65(53)71/h4-51H,3H2,1-2H3. The van der Waals surface area contributed by atoms with Crippen molar-refractivity contribution in [1.29, 1.82) is 0 Å². The van der Waals surface area contributed by atoms with Crippen molar-refractivity contribution < 1.29 is 0 Å². The molecule has 11 aromatic carbocycles. The van der Waals surface area contributed by atoms with E-state index in [4.69, 9.17) is 0 Å². The van der Waals surface area contributed by atoms with Crippen molar-refractivity contribution in [2.24, 2.45) is 0 Å². The molecule has 0 radical (unpaired) electrons. The Labute approximate surface area is 446 Å². The maximum Gasteiger partial charge on any atom is 0.0540 e. The Balaban J connectivity index is 0.856. The molecule has 0 fully saturated rings. The minimum absolute atomic E-state index is 0.294. The van der Waals surface area contributed by atoms with Gasteiger partial charge in [0, 0.05) is 73.2 Å². The van der Waals surface area contributed by atoms with E-state index in [2.05, 4.69) is 325 Å². The van der Waals surface area contributed by atoms with Gasteiger partial charge in [-0.25, -0.2) is 0 Å². The molecule has 0 amide bonds. The fourth-order valence-electron chi connectivity index (χ4n) is 11.5. The molecule has 0 saturated carbocycles. The summed E-state index contributed by atoms with van der Waals surface area (Å²) in [7, 11) is 0. The summed E-state index contributed by atoms with van der Waals surface area (Å²) in [6, 6.07) is 96.9. The van der Waals surface area contributed by atoms with Crippen molar-refractivity contribution in [3.63, 3.8) is 0 Å². The van der Waals surface area contributed by atoms with Gasteiger partial charge in [0.2, 0.25) is 0 Å². The lowest BCUT2D eigenvalue weighted by Gasteiger charge is -2.30. The van der Waals surface area contributed by atoms with Gasteiger partial charge >= 0.3 is 0 Å². The number of fused-ring (bicyclic) bond motifs is 5. The molecule has 0 spiro atoms. The highest BCUT2D eigenvalue weighted by Gasteiger charge is 2.37. The Bertz CT molecular complexity index is 3920. The van der Waals surface area contributed by atoms with Crippen LogP contribution in [-0.4, -0.2) is 0 Å². The molecule has 0 bridgehead atoms. The second kappa shape index (κ2) is 19.7. The van der Waals surface area contributed by atoms with Crippen LogP contribution in [-0.2, 0) is 5.41 Å². The predicted octanol–water partition coefficient (Wildman–Crippen LogP) is 20.5. The third-order valence-corrected chi connectivity index (χ3v) is 15.2. The number of nitrogens with zero attached hydrogens (tertiary/aromatic N) is 4. The van der Waals surface area contributed by atoms with Gasteiger partial charge in [0.05, 0.1) is 11.4 Å². The van der Waals surface area contributed by atoms with Gasteiger partial charge in [-0.1, -0.05) is 172 Å². The molecule has 4 nitrogen and oxygen atoms in total. The van der Waals surface area contributed by atoms with Crippen molar-refractivity contribution in [3.8, 4) is 11.1 Å². The van der Waals surface area contributed by atoms with Crippen LogP contribution in [0.5, 0.6) is 0 Å². The number of hydrogen-bond acceptors (Lipinski definition) is 4. The molecular weight excluding hydrogens is 921 g/mol. The van der Waals surface area contributed by atoms with Crippen molar-refractivity contribution in [2.75, 3.05) is 19.6 Å². The zero-order valence-corrected chi connectivity index (χ0v) is 42.7. The van der Waals surface area contributed by atoms with Crippen LogP contribution in [0.4, 0.5) is 68.2 Å². The molecule has 13 rings (SSSR count). The highest BCUT2D eigenvalue weighted by molar-refractivity contribution is 5.99. The van der Waals surface area contributed by atoms with Gasteiger partial charge in [-0.05, 0) is 173 Å². The quantitative estimate of drug-likeness (QED) is 0.121. The Morgan fingerprint density at radius 3 is 1.18 bits per heavy atom.